The molecule has 2 aromatic carbocycles. The van der Waals surface area contributed by atoms with Crippen molar-refractivity contribution in [2.75, 3.05) is 6.54 Å². The Morgan fingerprint density at radius 2 is 1.72 bits per heavy atom. The fourth-order valence-electron chi connectivity index (χ4n) is 3.53. The van der Waals surface area contributed by atoms with Crippen molar-refractivity contribution in [3.8, 4) is 6.07 Å². The summed E-state index contributed by atoms with van der Waals surface area (Å²) >= 11 is 0. The number of aromatic nitrogens is 1. The highest BCUT2D eigenvalue weighted by molar-refractivity contribution is 5.37. The van der Waals surface area contributed by atoms with Gasteiger partial charge in [0.15, 0.2) is 0 Å². The molecule has 0 bridgehead atoms. The zero-order chi connectivity index (χ0) is 20.6. The smallest absolute Gasteiger partial charge is 0.0995 e. The van der Waals surface area contributed by atoms with Crippen LogP contribution >= 0.6 is 0 Å². The third-order valence-corrected chi connectivity index (χ3v) is 5.34. The van der Waals surface area contributed by atoms with E-state index < -0.39 is 0 Å². The zero-order valence-corrected chi connectivity index (χ0v) is 17.8. The quantitative estimate of drug-likeness (QED) is 0.469. The van der Waals surface area contributed by atoms with Crippen molar-refractivity contribution in [3.63, 3.8) is 0 Å². The van der Waals surface area contributed by atoms with Crippen LogP contribution in [0.1, 0.15) is 48.2 Å². The minimum absolute atomic E-state index is 0.656. The third-order valence-electron chi connectivity index (χ3n) is 5.34. The maximum Gasteiger partial charge on any atom is 0.0995 e. The van der Waals surface area contributed by atoms with E-state index in [9.17, 15) is 5.26 Å². The van der Waals surface area contributed by atoms with Crippen LogP contribution < -0.4 is 0 Å². The third kappa shape index (κ3) is 6.07. The molecule has 0 amide bonds. The summed E-state index contributed by atoms with van der Waals surface area (Å²) in [6.07, 6.45) is 3.31. The Balaban J connectivity index is 1.76. The lowest BCUT2D eigenvalue weighted by Crippen LogP contribution is -2.26. The Bertz CT molecular complexity index is 945. The van der Waals surface area contributed by atoms with Crippen LogP contribution in [0.5, 0.6) is 0 Å². The molecule has 0 spiro atoms. The maximum atomic E-state index is 9.46. The van der Waals surface area contributed by atoms with Crippen molar-refractivity contribution in [2.45, 2.75) is 46.8 Å². The molecule has 3 rings (SSSR count). The second kappa shape index (κ2) is 10.1. The molecule has 0 aliphatic heterocycles. The summed E-state index contributed by atoms with van der Waals surface area (Å²) in [5.74, 6) is 0.656. The first-order valence-corrected chi connectivity index (χ1v) is 10.4. The molecule has 0 saturated carbocycles. The minimum Gasteiger partial charge on any atom is -0.346 e. The Morgan fingerprint density at radius 1 is 0.966 bits per heavy atom. The van der Waals surface area contributed by atoms with E-state index in [4.69, 9.17) is 0 Å². The highest BCUT2D eigenvalue weighted by Crippen LogP contribution is 2.17. The van der Waals surface area contributed by atoms with E-state index >= 15 is 0 Å². The topological polar surface area (TPSA) is 32.0 Å². The van der Waals surface area contributed by atoms with Crippen LogP contribution in [0.3, 0.4) is 0 Å². The van der Waals surface area contributed by atoms with Crippen molar-refractivity contribution < 1.29 is 0 Å². The molecular formula is C26H31N3. The lowest BCUT2D eigenvalue weighted by molar-refractivity contribution is 0.235. The largest absolute Gasteiger partial charge is 0.346 e. The molecule has 3 nitrogen and oxygen atoms in total. The summed E-state index contributed by atoms with van der Waals surface area (Å²) in [6, 6.07) is 23.4. The number of nitrogens with zero attached hydrogens (tertiary/aromatic N) is 3. The van der Waals surface area contributed by atoms with Gasteiger partial charge in [0.2, 0.25) is 0 Å². The molecule has 0 N–H and O–H groups in total. The highest BCUT2D eigenvalue weighted by Gasteiger charge is 2.13. The Kier molecular flexibility index (Phi) is 7.27. The molecule has 0 saturated heterocycles. The highest BCUT2D eigenvalue weighted by atomic mass is 15.1. The van der Waals surface area contributed by atoms with E-state index in [1.165, 1.54) is 16.8 Å². The average Bonchev–Trinajstić information content (AvgIpc) is 3.14. The van der Waals surface area contributed by atoms with Gasteiger partial charge in [-0.15, -0.1) is 0 Å². The monoisotopic (exact) mass is 385 g/mol. The summed E-state index contributed by atoms with van der Waals surface area (Å²) in [4.78, 5) is 2.47. The summed E-state index contributed by atoms with van der Waals surface area (Å²) in [7, 11) is 0. The van der Waals surface area contributed by atoms with Gasteiger partial charge in [0.1, 0.15) is 0 Å². The van der Waals surface area contributed by atoms with E-state index in [0.29, 0.717) is 5.92 Å². The molecule has 1 heterocycles. The predicted octanol–water partition coefficient (Wildman–Crippen LogP) is 5.76. The van der Waals surface area contributed by atoms with Crippen LogP contribution in [0.15, 0.2) is 66.9 Å². The molecule has 0 aliphatic rings. The number of hydrogen-bond donors (Lipinski definition) is 0. The molecule has 150 valence electrons. The van der Waals surface area contributed by atoms with Gasteiger partial charge in [0.25, 0.3) is 0 Å². The molecule has 1 aromatic heterocycles. The number of rotatable bonds is 9. The van der Waals surface area contributed by atoms with E-state index in [2.05, 4.69) is 85.0 Å². The summed E-state index contributed by atoms with van der Waals surface area (Å²) in [6.45, 7) is 10.2. The normalized spacial score (nSPS) is 11.2. The first kappa shape index (κ1) is 20.9. The van der Waals surface area contributed by atoms with Crippen LogP contribution in [-0.4, -0.2) is 16.0 Å². The van der Waals surface area contributed by atoms with Gasteiger partial charge in [-0.3, -0.25) is 4.90 Å². The van der Waals surface area contributed by atoms with Crippen molar-refractivity contribution >= 4 is 0 Å². The molecule has 3 heteroatoms. The maximum absolute atomic E-state index is 9.46. The van der Waals surface area contributed by atoms with Crippen LogP contribution in [0.25, 0.3) is 0 Å². The van der Waals surface area contributed by atoms with E-state index in [1.807, 2.05) is 18.2 Å². The van der Waals surface area contributed by atoms with Gasteiger partial charge in [-0.25, -0.2) is 0 Å². The van der Waals surface area contributed by atoms with Gasteiger partial charge in [0, 0.05) is 31.5 Å². The molecule has 3 aromatic rings. The van der Waals surface area contributed by atoms with Crippen molar-refractivity contribution in [1.29, 1.82) is 5.26 Å². The van der Waals surface area contributed by atoms with Gasteiger partial charge >= 0.3 is 0 Å². The first-order valence-electron chi connectivity index (χ1n) is 10.4. The fraction of sp³-hybridized carbons (Fsp3) is 0.346. The van der Waals surface area contributed by atoms with Gasteiger partial charge in [-0.1, -0.05) is 61.9 Å². The number of hydrogen-bond acceptors (Lipinski definition) is 2. The lowest BCUT2D eigenvalue weighted by Gasteiger charge is -2.25. The predicted molar refractivity (Wildman–Crippen MR) is 119 cm³/mol. The van der Waals surface area contributed by atoms with Gasteiger partial charge in [-0.05, 0) is 55.1 Å². The summed E-state index contributed by atoms with van der Waals surface area (Å²) in [5, 5.41) is 9.46. The van der Waals surface area contributed by atoms with E-state index in [1.54, 1.807) is 0 Å². The fourth-order valence-corrected chi connectivity index (χ4v) is 3.53. The number of nitriles is 1. The molecular weight excluding hydrogens is 354 g/mol. The van der Waals surface area contributed by atoms with Crippen LogP contribution in [0.4, 0.5) is 0 Å². The summed E-state index contributed by atoms with van der Waals surface area (Å²) < 4.78 is 2.34. The number of aryl methyl sites for hydroxylation is 1. The van der Waals surface area contributed by atoms with Gasteiger partial charge < -0.3 is 4.57 Å². The van der Waals surface area contributed by atoms with Crippen molar-refractivity contribution in [2.24, 2.45) is 5.92 Å². The molecule has 0 radical (unpaired) electrons. The molecule has 0 fully saturated rings. The SMILES string of the molecule is Cc1ccc(Cn2cccc2CN(CCC(C)C)Cc2ccccc2C#N)cc1. The second-order valence-corrected chi connectivity index (χ2v) is 8.28. The van der Waals surface area contributed by atoms with E-state index in [0.717, 1.165) is 43.7 Å². The van der Waals surface area contributed by atoms with Crippen molar-refractivity contribution in [1.82, 2.24) is 9.47 Å². The molecule has 29 heavy (non-hydrogen) atoms. The standard InChI is InChI=1S/C26H31N3/c1-21(2)14-16-28(19-25-8-5-4-7-24(25)17-27)20-26-9-6-15-29(26)18-23-12-10-22(3)11-13-23/h4-13,15,21H,14,16,18-20H2,1-3H3. The van der Waals surface area contributed by atoms with E-state index in [-0.39, 0.29) is 0 Å². The molecule has 0 atom stereocenters. The van der Waals surface area contributed by atoms with Gasteiger partial charge in [0.05, 0.1) is 11.6 Å². The summed E-state index contributed by atoms with van der Waals surface area (Å²) in [5.41, 5.74) is 5.80. The van der Waals surface area contributed by atoms with Crippen LogP contribution in [0.2, 0.25) is 0 Å². The van der Waals surface area contributed by atoms with Crippen molar-refractivity contribution in [3.05, 3.63) is 94.8 Å². The van der Waals surface area contributed by atoms with Crippen LogP contribution in [-0.2, 0) is 19.6 Å². The zero-order valence-electron chi connectivity index (χ0n) is 17.8. The van der Waals surface area contributed by atoms with Gasteiger partial charge in [-0.2, -0.15) is 5.26 Å². The Labute approximate surface area is 175 Å². The lowest BCUT2D eigenvalue weighted by atomic mass is 10.1. The second-order valence-electron chi connectivity index (χ2n) is 8.28. The molecule has 0 aliphatic carbocycles. The first-order chi connectivity index (χ1) is 14.0. The Morgan fingerprint density at radius 3 is 2.45 bits per heavy atom. The average molecular weight is 386 g/mol. The Hall–Kier alpha value is -2.83. The molecule has 0 unspecified atom stereocenters. The minimum atomic E-state index is 0.656. The van der Waals surface area contributed by atoms with Crippen LogP contribution in [0, 0.1) is 24.2 Å². The number of benzene rings is 2.